The van der Waals surface area contributed by atoms with E-state index in [4.69, 9.17) is 0 Å². The van der Waals surface area contributed by atoms with E-state index in [1.165, 1.54) is 4.31 Å². The van der Waals surface area contributed by atoms with Crippen molar-refractivity contribution in [2.75, 3.05) is 21.9 Å². The molecule has 6 heteroatoms. The monoisotopic (exact) mass is 372 g/mol. The summed E-state index contributed by atoms with van der Waals surface area (Å²) in [7, 11) is -3.31. The molecule has 1 heterocycles. The van der Waals surface area contributed by atoms with Gasteiger partial charge in [-0.1, -0.05) is 35.9 Å². The maximum atomic E-state index is 12.4. The largest absolute Gasteiger partial charge is 0.326 e. The molecule has 0 unspecified atom stereocenters. The molecule has 0 atom stereocenters. The van der Waals surface area contributed by atoms with Crippen LogP contribution in [-0.4, -0.2) is 26.6 Å². The minimum absolute atomic E-state index is 0.0659. The van der Waals surface area contributed by atoms with Gasteiger partial charge in [0.2, 0.25) is 15.9 Å². The van der Waals surface area contributed by atoms with Crippen molar-refractivity contribution in [2.24, 2.45) is 0 Å². The zero-order valence-electron chi connectivity index (χ0n) is 15.2. The second-order valence-corrected chi connectivity index (χ2v) is 8.82. The van der Waals surface area contributed by atoms with Crippen LogP contribution in [0.3, 0.4) is 0 Å². The van der Waals surface area contributed by atoms with E-state index in [0.717, 1.165) is 29.5 Å². The first-order chi connectivity index (χ1) is 12.4. The van der Waals surface area contributed by atoms with E-state index < -0.39 is 10.0 Å². The molecule has 26 heavy (non-hydrogen) atoms. The molecule has 3 rings (SSSR count). The molecule has 1 aliphatic heterocycles. The van der Waals surface area contributed by atoms with Crippen LogP contribution in [0.1, 0.15) is 30.0 Å². The third-order valence-electron chi connectivity index (χ3n) is 4.59. The van der Waals surface area contributed by atoms with Crippen molar-refractivity contribution in [3.8, 4) is 0 Å². The van der Waals surface area contributed by atoms with E-state index >= 15 is 0 Å². The average Bonchev–Trinajstić information content (AvgIpc) is 2.61. The molecule has 0 bridgehead atoms. The van der Waals surface area contributed by atoms with Gasteiger partial charge < -0.3 is 5.32 Å². The van der Waals surface area contributed by atoms with E-state index in [2.05, 4.69) is 5.32 Å². The van der Waals surface area contributed by atoms with Gasteiger partial charge in [-0.15, -0.1) is 0 Å². The number of rotatable bonds is 5. The Bertz CT molecular complexity index is 922. The summed E-state index contributed by atoms with van der Waals surface area (Å²) in [6.07, 6.45) is 1.95. The number of hydrogen-bond donors (Lipinski definition) is 1. The predicted molar refractivity (Wildman–Crippen MR) is 105 cm³/mol. The quantitative estimate of drug-likeness (QED) is 0.876. The lowest BCUT2D eigenvalue weighted by Crippen LogP contribution is -2.36. The number of amides is 1. The Morgan fingerprint density at radius 3 is 2.73 bits per heavy atom. The number of anilines is 2. The Hall–Kier alpha value is -2.34. The van der Waals surface area contributed by atoms with Crippen LogP contribution in [0.25, 0.3) is 0 Å². The van der Waals surface area contributed by atoms with Gasteiger partial charge in [-0.05, 0) is 49.9 Å². The van der Waals surface area contributed by atoms with Crippen molar-refractivity contribution in [3.63, 3.8) is 0 Å². The van der Waals surface area contributed by atoms with Crippen LogP contribution in [0.5, 0.6) is 0 Å². The van der Waals surface area contributed by atoms with Crippen LogP contribution in [-0.2, 0) is 27.7 Å². The highest BCUT2D eigenvalue weighted by molar-refractivity contribution is 7.92. The first kappa shape index (κ1) is 18.5. The van der Waals surface area contributed by atoms with Crippen LogP contribution >= 0.6 is 0 Å². The van der Waals surface area contributed by atoms with Crippen LogP contribution < -0.4 is 9.62 Å². The first-order valence-corrected chi connectivity index (χ1v) is 10.5. The van der Waals surface area contributed by atoms with Crippen LogP contribution in [0, 0.1) is 6.92 Å². The molecule has 0 aromatic heterocycles. The fourth-order valence-corrected chi connectivity index (χ4v) is 4.46. The van der Waals surface area contributed by atoms with E-state index in [0.29, 0.717) is 17.9 Å². The molecule has 0 radical (unpaired) electrons. The van der Waals surface area contributed by atoms with Crippen molar-refractivity contribution in [1.82, 2.24) is 0 Å². The smallest absolute Gasteiger partial charge is 0.234 e. The third-order valence-corrected chi connectivity index (χ3v) is 6.37. The molecule has 1 amide bonds. The molecular weight excluding hydrogens is 348 g/mol. The molecule has 1 aliphatic rings. The maximum absolute atomic E-state index is 12.4. The summed E-state index contributed by atoms with van der Waals surface area (Å²) in [5.74, 6) is -0.0487. The predicted octanol–water partition coefficient (Wildman–Crippen LogP) is 3.28. The number of nitrogens with zero attached hydrogens (tertiary/aromatic N) is 1. The standard InChI is InChI=1S/C20H24N2O3S/c1-3-26(24,25)22-11-5-8-17-9-10-18(14-19(17)22)21-20(23)13-16-7-4-6-15(2)12-16/h4,6-7,9-10,12,14H,3,5,8,11,13H2,1-2H3,(H,21,23). The molecule has 0 fully saturated rings. The molecule has 2 aromatic rings. The van der Waals surface area contributed by atoms with E-state index in [-0.39, 0.29) is 18.1 Å². The number of carbonyl (C=O) groups is 1. The molecule has 138 valence electrons. The topological polar surface area (TPSA) is 66.5 Å². The number of fused-ring (bicyclic) bond motifs is 1. The summed E-state index contributed by atoms with van der Waals surface area (Å²) in [6, 6.07) is 13.4. The highest BCUT2D eigenvalue weighted by Crippen LogP contribution is 2.32. The minimum atomic E-state index is -3.31. The van der Waals surface area contributed by atoms with Crippen LogP contribution in [0.15, 0.2) is 42.5 Å². The van der Waals surface area contributed by atoms with E-state index in [1.807, 2.05) is 43.3 Å². The number of nitrogens with one attached hydrogen (secondary N) is 1. The molecule has 0 saturated carbocycles. The first-order valence-electron chi connectivity index (χ1n) is 8.88. The van der Waals surface area contributed by atoms with Gasteiger partial charge in [-0.2, -0.15) is 0 Å². The fraction of sp³-hybridized carbons (Fsp3) is 0.350. The van der Waals surface area contributed by atoms with Crippen molar-refractivity contribution < 1.29 is 13.2 Å². The molecule has 5 nitrogen and oxygen atoms in total. The second-order valence-electron chi connectivity index (χ2n) is 6.63. The number of aryl methyl sites for hydroxylation is 2. The van der Waals surface area contributed by atoms with Crippen molar-refractivity contribution in [1.29, 1.82) is 0 Å². The van der Waals surface area contributed by atoms with Crippen LogP contribution in [0.4, 0.5) is 11.4 Å². The van der Waals surface area contributed by atoms with Crippen molar-refractivity contribution >= 4 is 27.3 Å². The Labute approximate surface area is 155 Å². The van der Waals surface area contributed by atoms with Gasteiger partial charge in [-0.25, -0.2) is 8.42 Å². The SMILES string of the molecule is CCS(=O)(=O)N1CCCc2ccc(NC(=O)Cc3cccc(C)c3)cc21. The molecule has 0 spiro atoms. The molecule has 1 N–H and O–H groups in total. The second kappa shape index (κ2) is 7.50. The van der Waals surface area contributed by atoms with Crippen LogP contribution in [0.2, 0.25) is 0 Å². The lowest BCUT2D eigenvalue weighted by Gasteiger charge is -2.30. The zero-order valence-corrected chi connectivity index (χ0v) is 16.0. The van der Waals surface area contributed by atoms with Gasteiger partial charge >= 0.3 is 0 Å². The Morgan fingerprint density at radius 2 is 2.00 bits per heavy atom. The van der Waals surface area contributed by atoms with Gasteiger partial charge in [0.1, 0.15) is 0 Å². The van der Waals surface area contributed by atoms with Gasteiger partial charge in [0, 0.05) is 12.2 Å². The fourth-order valence-electron chi connectivity index (χ4n) is 3.28. The lowest BCUT2D eigenvalue weighted by atomic mass is 10.0. The summed E-state index contributed by atoms with van der Waals surface area (Å²) in [6.45, 7) is 4.13. The zero-order chi connectivity index (χ0) is 18.7. The highest BCUT2D eigenvalue weighted by atomic mass is 32.2. The Morgan fingerprint density at radius 1 is 1.19 bits per heavy atom. The number of benzene rings is 2. The summed E-state index contributed by atoms with van der Waals surface area (Å²) >= 11 is 0. The summed E-state index contributed by atoms with van der Waals surface area (Å²) in [5, 5.41) is 2.89. The van der Waals surface area contributed by atoms with Gasteiger partial charge in [0.15, 0.2) is 0 Å². The Kier molecular flexibility index (Phi) is 5.32. The number of sulfonamides is 1. The summed E-state index contributed by atoms with van der Waals surface area (Å²) in [4.78, 5) is 12.4. The van der Waals surface area contributed by atoms with Gasteiger partial charge in [0.25, 0.3) is 0 Å². The Balaban J connectivity index is 1.79. The third kappa shape index (κ3) is 4.07. The van der Waals surface area contributed by atoms with Crippen molar-refractivity contribution in [2.45, 2.75) is 33.1 Å². The molecule has 0 saturated heterocycles. The lowest BCUT2D eigenvalue weighted by molar-refractivity contribution is -0.115. The van der Waals surface area contributed by atoms with Gasteiger partial charge in [0.05, 0.1) is 17.9 Å². The van der Waals surface area contributed by atoms with Gasteiger partial charge in [-0.3, -0.25) is 9.10 Å². The van der Waals surface area contributed by atoms with E-state index in [1.54, 1.807) is 13.0 Å². The molecule has 2 aromatic carbocycles. The average molecular weight is 372 g/mol. The minimum Gasteiger partial charge on any atom is -0.326 e. The van der Waals surface area contributed by atoms with Crippen molar-refractivity contribution in [3.05, 3.63) is 59.2 Å². The summed E-state index contributed by atoms with van der Waals surface area (Å²) in [5.41, 5.74) is 4.39. The number of hydrogen-bond acceptors (Lipinski definition) is 3. The molecule has 0 aliphatic carbocycles. The number of carbonyl (C=O) groups excluding carboxylic acids is 1. The highest BCUT2D eigenvalue weighted by Gasteiger charge is 2.26. The maximum Gasteiger partial charge on any atom is 0.234 e. The normalized spacial score (nSPS) is 14.0. The van der Waals surface area contributed by atoms with E-state index in [9.17, 15) is 13.2 Å². The summed E-state index contributed by atoms with van der Waals surface area (Å²) < 4.78 is 26.2. The molecular formula is C20H24N2O3S.